The molecule has 0 atom stereocenters. The highest BCUT2D eigenvalue weighted by Crippen LogP contribution is 2.34. The lowest BCUT2D eigenvalue weighted by molar-refractivity contribution is 0.0702. The number of carboxylic acid groups (broad SMARTS) is 1. The zero-order valence-corrected chi connectivity index (χ0v) is 11.2. The van der Waals surface area contributed by atoms with Crippen LogP contribution >= 0.6 is 50.4 Å². The van der Waals surface area contributed by atoms with Crippen LogP contribution in [0.25, 0.3) is 0 Å². The van der Waals surface area contributed by atoms with Gasteiger partial charge >= 0.3 is 5.97 Å². The Bertz CT molecular complexity index is 494. The van der Waals surface area contributed by atoms with Crippen molar-refractivity contribution in [2.75, 3.05) is 0 Å². The number of hydrogen-bond acceptors (Lipinski definition) is 5. The second-order valence-corrected chi connectivity index (χ2v) is 6.39. The van der Waals surface area contributed by atoms with Crippen molar-refractivity contribution in [2.24, 2.45) is 0 Å². The van der Waals surface area contributed by atoms with Gasteiger partial charge in [0, 0.05) is 15.7 Å². The lowest BCUT2D eigenvalue weighted by Crippen LogP contribution is -1.89. The molecule has 2 aromatic heterocycles. The van der Waals surface area contributed by atoms with Gasteiger partial charge in [-0.25, -0.2) is 9.78 Å². The van der Waals surface area contributed by atoms with E-state index in [1.165, 1.54) is 34.4 Å². The molecule has 0 fully saturated rings. The molecule has 0 radical (unpaired) electrons. The minimum atomic E-state index is -0.882. The quantitative estimate of drug-likeness (QED) is 0.933. The number of rotatable bonds is 3. The van der Waals surface area contributed by atoms with Gasteiger partial charge in [0.1, 0.15) is 9.48 Å². The van der Waals surface area contributed by atoms with Crippen molar-refractivity contribution in [3.05, 3.63) is 26.3 Å². The first-order valence-corrected chi connectivity index (χ1v) is 7.13. The second kappa shape index (κ2) is 4.65. The lowest BCUT2D eigenvalue weighted by atomic mass is 10.5. The summed E-state index contributed by atoms with van der Waals surface area (Å²) in [4.78, 5) is 16.1. The Kier molecular flexibility index (Phi) is 3.45. The molecule has 2 heterocycles. The van der Waals surface area contributed by atoms with Gasteiger partial charge in [-0.1, -0.05) is 11.8 Å². The van der Waals surface area contributed by atoms with Crippen LogP contribution in [0.2, 0.25) is 0 Å². The number of carbonyl (C=O) groups is 1. The van der Waals surface area contributed by atoms with Gasteiger partial charge in [-0.05, 0) is 22.0 Å². The van der Waals surface area contributed by atoms with Gasteiger partial charge in [-0.15, -0.1) is 22.7 Å². The first-order chi connectivity index (χ1) is 7.15. The minimum absolute atomic E-state index is 0.355. The molecule has 0 bridgehead atoms. The van der Waals surface area contributed by atoms with Crippen molar-refractivity contribution in [3.63, 3.8) is 0 Å². The van der Waals surface area contributed by atoms with E-state index in [1.54, 1.807) is 6.07 Å². The third kappa shape index (κ3) is 2.81. The van der Waals surface area contributed by atoms with Gasteiger partial charge in [0.05, 0.1) is 0 Å². The fourth-order valence-electron chi connectivity index (χ4n) is 0.871. The Morgan fingerprint density at radius 1 is 1.47 bits per heavy atom. The Labute approximate surface area is 106 Å². The molecule has 0 aliphatic rings. The monoisotopic (exact) mass is 321 g/mol. The van der Waals surface area contributed by atoms with Gasteiger partial charge in [0.15, 0.2) is 4.34 Å². The lowest BCUT2D eigenvalue weighted by Gasteiger charge is -1.89. The largest absolute Gasteiger partial charge is 0.477 e. The van der Waals surface area contributed by atoms with E-state index < -0.39 is 5.97 Å². The number of halogens is 1. The molecule has 1 N–H and O–H groups in total. The molecule has 3 nitrogen and oxygen atoms in total. The third-order valence-electron chi connectivity index (χ3n) is 1.45. The maximum absolute atomic E-state index is 10.7. The van der Waals surface area contributed by atoms with E-state index in [-0.39, 0.29) is 0 Å². The number of aromatic nitrogens is 1. The SMILES string of the molecule is O=C(O)c1cc(Sc2nc(Br)cs2)cs1. The standard InChI is InChI=1S/C8H4BrNO2S3/c9-6-3-14-8(10-6)15-4-1-5(7(11)12)13-2-4/h1-3H,(H,11,12). The van der Waals surface area contributed by atoms with Crippen molar-refractivity contribution in [1.29, 1.82) is 0 Å². The van der Waals surface area contributed by atoms with E-state index >= 15 is 0 Å². The van der Waals surface area contributed by atoms with Crippen LogP contribution in [0, 0.1) is 0 Å². The molecule has 0 aliphatic carbocycles. The summed E-state index contributed by atoms with van der Waals surface area (Å²) in [6.45, 7) is 0. The fraction of sp³-hybridized carbons (Fsp3) is 0. The van der Waals surface area contributed by atoms with Gasteiger partial charge < -0.3 is 5.11 Å². The summed E-state index contributed by atoms with van der Waals surface area (Å²) in [6, 6.07) is 1.66. The predicted molar refractivity (Wildman–Crippen MR) is 65.2 cm³/mol. The van der Waals surface area contributed by atoms with Crippen LogP contribution in [0.5, 0.6) is 0 Å². The molecule has 0 aliphatic heterocycles. The Hall–Kier alpha value is -0.370. The summed E-state index contributed by atoms with van der Waals surface area (Å²) in [5.74, 6) is -0.882. The van der Waals surface area contributed by atoms with Crippen molar-refractivity contribution in [2.45, 2.75) is 9.24 Å². The van der Waals surface area contributed by atoms with Crippen LogP contribution in [0.3, 0.4) is 0 Å². The van der Waals surface area contributed by atoms with Gasteiger partial charge in [0.25, 0.3) is 0 Å². The number of thiazole rings is 1. The van der Waals surface area contributed by atoms with Crippen LogP contribution < -0.4 is 0 Å². The average molecular weight is 322 g/mol. The molecule has 2 aromatic rings. The minimum Gasteiger partial charge on any atom is -0.477 e. The second-order valence-electron chi connectivity index (χ2n) is 2.49. The zero-order chi connectivity index (χ0) is 10.8. The van der Waals surface area contributed by atoms with Crippen LogP contribution in [-0.2, 0) is 0 Å². The Balaban J connectivity index is 2.14. The summed E-state index contributed by atoms with van der Waals surface area (Å²) in [6.07, 6.45) is 0. The number of hydrogen-bond donors (Lipinski definition) is 1. The third-order valence-corrected chi connectivity index (χ3v) is 5.13. The maximum Gasteiger partial charge on any atom is 0.345 e. The Morgan fingerprint density at radius 2 is 2.27 bits per heavy atom. The first kappa shape index (κ1) is 11.1. The topological polar surface area (TPSA) is 50.2 Å². The number of thiophene rings is 1. The van der Waals surface area contributed by atoms with Gasteiger partial charge in [0.2, 0.25) is 0 Å². The molecule has 0 saturated heterocycles. The molecule has 7 heteroatoms. The summed E-state index contributed by atoms with van der Waals surface area (Å²) < 4.78 is 1.71. The highest BCUT2D eigenvalue weighted by molar-refractivity contribution is 9.10. The molecule has 15 heavy (non-hydrogen) atoms. The smallest absolute Gasteiger partial charge is 0.345 e. The number of nitrogens with zero attached hydrogens (tertiary/aromatic N) is 1. The van der Waals surface area contributed by atoms with E-state index in [0.29, 0.717) is 4.88 Å². The van der Waals surface area contributed by atoms with Crippen molar-refractivity contribution in [1.82, 2.24) is 4.98 Å². The van der Waals surface area contributed by atoms with Crippen molar-refractivity contribution >= 4 is 56.3 Å². The van der Waals surface area contributed by atoms with E-state index in [9.17, 15) is 4.79 Å². The average Bonchev–Trinajstić information content (AvgIpc) is 2.76. The van der Waals surface area contributed by atoms with Crippen molar-refractivity contribution in [3.8, 4) is 0 Å². The van der Waals surface area contributed by atoms with Crippen LogP contribution in [0.4, 0.5) is 0 Å². The highest BCUT2D eigenvalue weighted by Gasteiger charge is 2.09. The summed E-state index contributed by atoms with van der Waals surface area (Å²) >= 11 is 7.49. The molecule has 0 aromatic carbocycles. The molecule has 0 saturated carbocycles. The van der Waals surface area contributed by atoms with E-state index in [4.69, 9.17) is 5.11 Å². The molecular formula is C8H4BrNO2S3. The van der Waals surface area contributed by atoms with Crippen LogP contribution in [-0.4, -0.2) is 16.1 Å². The fourth-order valence-corrected chi connectivity index (χ4v) is 4.13. The predicted octanol–water partition coefficient (Wildman–Crippen LogP) is 3.82. The van der Waals surface area contributed by atoms with Gasteiger partial charge in [-0.2, -0.15) is 0 Å². The summed E-state index contributed by atoms with van der Waals surface area (Å²) in [5, 5.41) is 12.5. The maximum atomic E-state index is 10.7. The highest BCUT2D eigenvalue weighted by atomic mass is 79.9. The number of aromatic carboxylic acids is 1. The summed E-state index contributed by atoms with van der Waals surface area (Å²) in [5.41, 5.74) is 0. The van der Waals surface area contributed by atoms with E-state index in [2.05, 4.69) is 20.9 Å². The molecule has 0 spiro atoms. The number of carboxylic acids is 1. The van der Waals surface area contributed by atoms with E-state index in [1.807, 2.05) is 10.8 Å². The molecular weight excluding hydrogens is 318 g/mol. The van der Waals surface area contributed by atoms with E-state index in [0.717, 1.165) is 13.8 Å². The summed E-state index contributed by atoms with van der Waals surface area (Å²) in [7, 11) is 0. The van der Waals surface area contributed by atoms with Gasteiger partial charge in [-0.3, -0.25) is 0 Å². The molecule has 2 rings (SSSR count). The first-order valence-electron chi connectivity index (χ1n) is 3.76. The normalized spacial score (nSPS) is 10.5. The zero-order valence-electron chi connectivity index (χ0n) is 7.14. The molecule has 0 amide bonds. The van der Waals surface area contributed by atoms with Crippen molar-refractivity contribution < 1.29 is 9.90 Å². The molecule has 0 unspecified atom stereocenters. The molecule has 78 valence electrons. The van der Waals surface area contributed by atoms with Crippen LogP contribution in [0.15, 0.2) is 30.7 Å². The Morgan fingerprint density at radius 3 is 2.80 bits per heavy atom. The van der Waals surface area contributed by atoms with Crippen LogP contribution in [0.1, 0.15) is 9.67 Å².